The van der Waals surface area contributed by atoms with Crippen molar-refractivity contribution in [2.24, 2.45) is 0 Å². The van der Waals surface area contributed by atoms with Crippen LogP contribution in [0, 0.1) is 0 Å². The summed E-state index contributed by atoms with van der Waals surface area (Å²) in [5, 5.41) is 3.27. The topological polar surface area (TPSA) is 90.0 Å². The van der Waals surface area contributed by atoms with Gasteiger partial charge in [-0.05, 0) is 68.8 Å². The van der Waals surface area contributed by atoms with Crippen LogP contribution in [-0.4, -0.2) is 75.1 Å². The number of carbonyl (C=O) groups is 2. The summed E-state index contributed by atoms with van der Waals surface area (Å²) in [7, 11) is -3.68. The van der Waals surface area contributed by atoms with Gasteiger partial charge < -0.3 is 20.0 Å². The third kappa shape index (κ3) is 5.29. The molecule has 1 N–H and O–H groups in total. The Hall–Kier alpha value is -3.07. The van der Waals surface area contributed by atoms with Crippen LogP contribution in [0.25, 0.3) is 0 Å². The number of carbonyl (C=O) groups excluding carboxylic acids is 2. The van der Waals surface area contributed by atoms with Crippen LogP contribution in [-0.2, 0) is 14.6 Å². The van der Waals surface area contributed by atoms with Crippen molar-refractivity contribution in [1.29, 1.82) is 0 Å². The van der Waals surface area contributed by atoms with Crippen molar-refractivity contribution < 1.29 is 18.0 Å². The first-order valence-electron chi connectivity index (χ1n) is 12.1. The minimum atomic E-state index is -3.68. The Morgan fingerprint density at radius 3 is 2.46 bits per heavy atom. The van der Waals surface area contributed by atoms with E-state index in [0.717, 1.165) is 30.5 Å². The van der Waals surface area contributed by atoms with Gasteiger partial charge in [-0.25, -0.2) is 8.42 Å². The maximum Gasteiger partial charge on any atom is 0.255 e. The minimum Gasteiger partial charge on any atom is -0.387 e. The van der Waals surface area contributed by atoms with E-state index in [-0.39, 0.29) is 28.3 Å². The second kappa shape index (κ2) is 9.89. The largest absolute Gasteiger partial charge is 0.387 e. The van der Waals surface area contributed by atoms with Crippen molar-refractivity contribution in [2.45, 2.75) is 44.6 Å². The molecular formula is C26H34N4O4S. The van der Waals surface area contributed by atoms with E-state index in [1.807, 2.05) is 13.1 Å². The lowest BCUT2D eigenvalue weighted by molar-refractivity contribution is -0.117. The monoisotopic (exact) mass is 498 g/mol. The number of nitrogens with one attached hydrogen (secondary N) is 1. The van der Waals surface area contributed by atoms with Gasteiger partial charge in [0.25, 0.3) is 5.91 Å². The van der Waals surface area contributed by atoms with Gasteiger partial charge in [-0.3, -0.25) is 9.59 Å². The molecule has 2 fully saturated rings. The van der Waals surface area contributed by atoms with E-state index in [9.17, 15) is 18.0 Å². The Morgan fingerprint density at radius 2 is 1.83 bits per heavy atom. The van der Waals surface area contributed by atoms with E-state index in [0.29, 0.717) is 38.3 Å². The normalized spacial score (nSPS) is 21.6. The number of nitrogens with zero attached hydrogens (tertiary/aromatic N) is 3. The van der Waals surface area contributed by atoms with Crippen molar-refractivity contribution in [3.8, 4) is 0 Å². The number of benzene rings is 1. The van der Waals surface area contributed by atoms with E-state index in [1.165, 1.54) is 11.6 Å². The first-order valence-corrected chi connectivity index (χ1v) is 13.9. The average Bonchev–Trinajstić information content (AvgIpc) is 3.14. The Balaban J connectivity index is 1.54. The number of rotatable bonds is 4. The Morgan fingerprint density at radius 1 is 1.11 bits per heavy atom. The molecular weight excluding hydrogens is 464 g/mol. The molecule has 2 saturated heterocycles. The highest BCUT2D eigenvalue weighted by atomic mass is 32.2. The van der Waals surface area contributed by atoms with E-state index < -0.39 is 9.84 Å². The van der Waals surface area contributed by atoms with Gasteiger partial charge in [-0.15, -0.1) is 0 Å². The molecule has 0 aliphatic carbocycles. The van der Waals surface area contributed by atoms with Gasteiger partial charge in [0.05, 0.1) is 10.5 Å². The van der Waals surface area contributed by atoms with Gasteiger partial charge in [0.1, 0.15) is 0 Å². The number of sulfone groups is 1. The molecule has 1 atom stereocenters. The zero-order valence-electron chi connectivity index (χ0n) is 20.9. The summed E-state index contributed by atoms with van der Waals surface area (Å²) < 4.78 is 25.3. The molecule has 2 amide bonds. The molecule has 4 rings (SSSR count). The summed E-state index contributed by atoms with van der Waals surface area (Å²) >= 11 is 0. The van der Waals surface area contributed by atoms with Gasteiger partial charge in [-0.2, -0.15) is 0 Å². The van der Waals surface area contributed by atoms with Crippen LogP contribution >= 0.6 is 0 Å². The van der Waals surface area contributed by atoms with E-state index in [1.54, 1.807) is 21.9 Å². The molecule has 35 heavy (non-hydrogen) atoms. The molecule has 0 radical (unpaired) electrons. The fourth-order valence-corrected chi connectivity index (χ4v) is 5.95. The number of amides is 2. The fraction of sp³-hybridized carbons (Fsp3) is 0.462. The van der Waals surface area contributed by atoms with Crippen molar-refractivity contribution in [1.82, 2.24) is 15.1 Å². The molecule has 3 heterocycles. The molecule has 1 aromatic rings. The van der Waals surface area contributed by atoms with E-state index in [2.05, 4.69) is 36.2 Å². The van der Waals surface area contributed by atoms with Gasteiger partial charge in [0.15, 0.2) is 9.84 Å². The maximum atomic E-state index is 13.4. The molecule has 3 aliphatic heterocycles. The number of piperazine rings is 1. The first-order chi connectivity index (χ1) is 16.6. The van der Waals surface area contributed by atoms with Gasteiger partial charge >= 0.3 is 0 Å². The summed E-state index contributed by atoms with van der Waals surface area (Å²) in [6.07, 6.45) is 8.58. The van der Waals surface area contributed by atoms with Crippen LogP contribution in [0.2, 0.25) is 0 Å². The zero-order chi connectivity index (χ0) is 25.3. The molecule has 8 nitrogen and oxygen atoms in total. The standard InChI is InChI=1S/C26H34N4O4S/c1-18-15-19(2)23(9-10-27-17-18)28-11-13-29(14-12-28)26(32)22-7-6-21(16-24(22)35(4,33)34)30-20(3)5-8-25(30)31/h6-7,9,15-17,20,27H,5,8,10-14H2,1-4H3/t20-/m1/s1. The molecule has 0 spiro atoms. The third-order valence-corrected chi connectivity index (χ3v) is 7.99. The first kappa shape index (κ1) is 25.0. The molecule has 1 aromatic carbocycles. The van der Waals surface area contributed by atoms with Crippen LogP contribution in [0.4, 0.5) is 5.69 Å². The van der Waals surface area contributed by atoms with Crippen LogP contribution in [0.1, 0.15) is 44.0 Å². The van der Waals surface area contributed by atoms with Gasteiger partial charge in [0, 0.05) is 62.8 Å². The summed E-state index contributed by atoms with van der Waals surface area (Å²) in [4.78, 5) is 31.4. The average molecular weight is 499 g/mol. The number of anilines is 1. The van der Waals surface area contributed by atoms with Crippen LogP contribution < -0.4 is 10.2 Å². The number of allylic oxidation sites excluding steroid dienone is 3. The van der Waals surface area contributed by atoms with Crippen molar-refractivity contribution in [3.05, 3.63) is 59.0 Å². The Kier molecular flexibility index (Phi) is 7.07. The van der Waals surface area contributed by atoms with Crippen LogP contribution in [0.15, 0.2) is 58.3 Å². The second-order valence-electron chi connectivity index (χ2n) is 9.60. The highest BCUT2D eigenvalue weighted by molar-refractivity contribution is 7.90. The smallest absolute Gasteiger partial charge is 0.255 e. The van der Waals surface area contributed by atoms with Crippen LogP contribution in [0.5, 0.6) is 0 Å². The molecule has 0 aromatic heterocycles. The fourth-order valence-electron chi connectivity index (χ4n) is 5.06. The lowest BCUT2D eigenvalue weighted by Crippen LogP contribution is -2.48. The SMILES string of the molecule is CC1=CNCC=C(N2CCN(C(=O)c3ccc(N4C(=O)CC[C@H]4C)cc3S(C)(=O)=O)CC2)C(C)=C1. The summed E-state index contributed by atoms with van der Waals surface area (Å²) in [5.41, 5.74) is 4.18. The minimum absolute atomic E-state index is 0.000822. The summed E-state index contributed by atoms with van der Waals surface area (Å²) in [6.45, 7) is 9.16. The predicted octanol–water partition coefficient (Wildman–Crippen LogP) is 2.70. The lowest BCUT2D eigenvalue weighted by Gasteiger charge is -2.38. The predicted molar refractivity (Wildman–Crippen MR) is 137 cm³/mol. The van der Waals surface area contributed by atoms with Gasteiger partial charge in [-0.1, -0.05) is 6.08 Å². The highest BCUT2D eigenvalue weighted by Crippen LogP contribution is 2.31. The number of hydrogen-bond acceptors (Lipinski definition) is 6. The molecule has 0 bridgehead atoms. The lowest BCUT2D eigenvalue weighted by atomic mass is 10.1. The molecule has 0 unspecified atom stereocenters. The third-order valence-electron chi connectivity index (χ3n) is 6.86. The highest BCUT2D eigenvalue weighted by Gasteiger charge is 2.32. The van der Waals surface area contributed by atoms with Crippen molar-refractivity contribution >= 4 is 27.3 Å². The van der Waals surface area contributed by atoms with E-state index >= 15 is 0 Å². The number of hydrogen-bond donors (Lipinski definition) is 1. The second-order valence-corrected chi connectivity index (χ2v) is 11.6. The summed E-state index contributed by atoms with van der Waals surface area (Å²) in [6, 6.07) is 4.73. The molecule has 3 aliphatic rings. The van der Waals surface area contributed by atoms with Gasteiger partial charge in [0.2, 0.25) is 5.91 Å². The molecule has 0 saturated carbocycles. The Labute approximate surface area is 207 Å². The quantitative estimate of drug-likeness (QED) is 0.687. The molecule has 9 heteroatoms. The van der Waals surface area contributed by atoms with E-state index in [4.69, 9.17) is 0 Å². The maximum absolute atomic E-state index is 13.4. The Bertz CT molecular complexity index is 1220. The van der Waals surface area contributed by atoms with Crippen LogP contribution in [0.3, 0.4) is 0 Å². The van der Waals surface area contributed by atoms with Crippen molar-refractivity contribution in [3.63, 3.8) is 0 Å². The molecule has 188 valence electrons. The van der Waals surface area contributed by atoms with Crippen molar-refractivity contribution in [2.75, 3.05) is 43.9 Å². The summed E-state index contributed by atoms with van der Waals surface area (Å²) in [5.74, 6) is -0.322. The zero-order valence-corrected chi connectivity index (χ0v) is 21.7.